The molecule has 0 radical (unpaired) electrons. The number of rotatable bonds is 8. The third-order valence-corrected chi connectivity index (χ3v) is 3.49. The van der Waals surface area contributed by atoms with Crippen LogP contribution in [0.1, 0.15) is 20.3 Å². The Balaban J connectivity index is 2.59. The van der Waals surface area contributed by atoms with Crippen LogP contribution < -0.4 is 15.4 Å². The van der Waals surface area contributed by atoms with Crippen LogP contribution in [0, 0.1) is 0 Å². The second kappa shape index (κ2) is 8.69. The molecule has 0 saturated heterocycles. The van der Waals surface area contributed by atoms with Crippen molar-refractivity contribution in [2.45, 2.75) is 20.3 Å². The molecule has 2 N–H and O–H groups in total. The van der Waals surface area contributed by atoms with Gasteiger partial charge in [-0.25, -0.2) is 0 Å². The first-order valence-corrected chi connectivity index (χ1v) is 7.60. The Morgan fingerprint density at radius 2 is 2.21 bits per heavy atom. The third kappa shape index (κ3) is 5.87. The molecule has 5 heteroatoms. The van der Waals surface area contributed by atoms with Crippen molar-refractivity contribution in [3.63, 3.8) is 0 Å². The summed E-state index contributed by atoms with van der Waals surface area (Å²) in [6, 6.07) is 5.58. The number of nitrogens with one attached hydrogen (secondary N) is 2. The quantitative estimate of drug-likeness (QED) is 0.719. The molecule has 1 aromatic carbocycles. The van der Waals surface area contributed by atoms with Crippen LogP contribution in [-0.2, 0) is 4.79 Å². The van der Waals surface area contributed by atoms with Gasteiger partial charge in [0.15, 0.2) is 0 Å². The van der Waals surface area contributed by atoms with Gasteiger partial charge in [0.05, 0.1) is 12.8 Å². The van der Waals surface area contributed by atoms with E-state index in [0.29, 0.717) is 0 Å². The summed E-state index contributed by atoms with van der Waals surface area (Å²) >= 11 is 1.94. The molecule has 0 spiro atoms. The molecule has 0 heterocycles. The Hall–Kier alpha value is -1.36. The standard InChI is InChI=1S/C14H22N2O2S/c1-4-19-9-5-8-15-13-10-12(16-11(2)17)6-7-14(13)18-3/h6-7,10,15H,4-5,8-9H2,1-3H3,(H,16,17). The highest BCUT2D eigenvalue weighted by Crippen LogP contribution is 2.27. The van der Waals surface area contributed by atoms with Crippen LogP contribution in [-0.4, -0.2) is 31.1 Å². The molecule has 1 rings (SSSR count). The normalized spacial score (nSPS) is 10.1. The van der Waals surface area contributed by atoms with E-state index in [9.17, 15) is 4.79 Å². The van der Waals surface area contributed by atoms with Gasteiger partial charge >= 0.3 is 0 Å². The molecule has 0 unspecified atom stereocenters. The van der Waals surface area contributed by atoms with Crippen LogP contribution in [0.2, 0.25) is 0 Å². The number of hydrogen-bond donors (Lipinski definition) is 2. The highest BCUT2D eigenvalue weighted by molar-refractivity contribution is 7.99. The Bertz CT molecular complexity index is 410. The number of carbonyl (C=O) groups is 1. The van der Waals surface area contributed by atoms with Crippen LogP contribution in [0.5, 0.6) is 5.75 Å². The predicted molar refractivity (Wildman–Crippen MR) is 83.4 cm³/mol. The average molecular weight is 282 g/mol. The summed E-state index contributed by atoms with van der Waals surface area (Å²) in [7, 11) is 1.64. The van der Waals surface area contributed by atoms with E-state index in [4.69, 9.17) is 4.74 Å². The van der Waals surface area contributed by atoms with E-state index in [0.717, 1.165) is 41.6 Å². The van der Waals surface area contributed by atoms with E-state index in [2.05, 4.69) is 17.6 Å². The summed E-state index contributed by atoms with van der Waals surface area (Å²) in [6.07, 6.45) is 1.10. The Labute approximate surface area is 119 Å². The molecule has 0 aliphatic rings. The third-order valence-electron chi connectivity index (χ3n) is 2.50. The lowest BCUT2D eigenvalue weighted by Gasteiger charge is -2.13. The van der Waals surface area contributed by atoms with Crippen LogP contribution in [0.25, 0.3) is 0 Å². The molecule has 0 aliphatic heterocycles. The summed E-state index contributed by atoms with van der Waals surface area (Å²) in [5.74, 6) is 3.02. The van der Waals surface area contributed by atoms with Crippen molar-refractivity contribution in [1.82, 2.24) is 0 Å². The average Bonchev–Trinajstić information content (AvgIpc) is 2.38. The molecule has 1 aromatic rings. The van der Waals surface area contributed by atoms with Crippen molar-refractivity contribution in [2.75, 3.05) is 35.8 Å². The van der Waals surface area contributed by atoms with Crippen molar-refractivity contribution in [1.29, 1.82) is 0 Å². The van der Waals surface area contributed by atoms with Gasteiger partial charge in [0.2, 0.25) is 5.91 Å². The highest BCUT2D eigenvalue weighted by Gasteiger charge is 2.04. The maximum absolute atomic E-state index is 11.0. The molecule has 4 nitrogen and oxygen atoms in total. The zero-order valence-corrected chi connectivity index (χ0v) is 12.6. The van der Waals surface area contributed by atoms with E-state index >= 15 is 0 Å². The van der Waals surface area contributed by atoms with Crippen molar-refractivity contribution in [2.24, 2.45) is 0 Å². The molecule has 0 saturated carbocycles. The van der Waals surface area contributed by atoms with Crippen molar-refractivity contribution >= 4 is 29.0 Å². The number of thioether (sulfide) groups is 1. The summed E-state index contributed by atoms with van der Waals surface area (Å²) in [6.45, 7) is 4.56. The van der Waals surface area contributed by atoms with E-state index < -0.39 is 0 Å². The van der Waals surface area contributed by atoms with Crippen molar-refractivity contribution < 1.29 is 9.53 Å². The van der Waals surface area contributed by atoms with Gasteiger partial charge in [-0.05, 0) is 36.1 Å². The maximum Gasteiger partial charge on any atom is 0.221 e. The number of carbonyl (C=O) groups excluding carboxylic acids is 1. The minimum Gasteiger partial charge on any atom is -0.495 e. The summed E-state index contributed by atoms with van der Waals surface area (Å²) in [5, 5.41) is 6.12. The van der Waals surface area contributed by atoms with Gasteiger partial charge in [-0.1, -0.05) is 6.92 Å². The fraction of sp³-hybridized carbons (Fsp3) is 0.500. The maximum atomic E-state index is 11.0. The predicted octanol–water partition coefficient (Wildman–Crippen LogP) is 3.21. The number of methoxy groups -OCH3 is 1. The van der Waals surface area contributed by atoms with Crippen LogP contribution in [0.3, 0.4) is 0 Å². The van der Waals surface area contributed by atoms with Gasteiger partial charge < -0.3 is 15.4 Å². The number of amides is 1. The molecular formula is C14H22N2O2S. The monoisotopic (exact) mass is 282 g/mol. The lowest BCUT2D eigenvalue weighted by Crippen LogP contribution is -2.08. The second-order valence-electron chi connectivity index (χ2n) is 4.07. The van der Waals surface area contributed by atoms with Crippen molar-refractivity contribution in [3.05, 3.63) is 18.2 Å². The van der Waals surface area contributed by atoms with Crippen LogP contribution in [0.4, 0.5) is 11.4 Å². The van der Waals surface area contributed by atoms with Gasteiger partial charge in [0.25, 0.3) is 0 Å². The van der Waals surface area contributed by atoms with E-state index in [1.165, 1.54) is 6.92 Å². The molecule has 19 heavy (non-hydrogen) atoms. The van der Waals surface area contributed by atoms with E-state index in [1.54, 1.807) is 7.11 Å². The fourth-order valence-corrected chi connectivity index (χ4v) is 2.31. The summed E-state index contributed by atoms with van der Waals surface area (Å²) in [5.41, 5.74) is 1.69. The Morgan fingerprint density at radius 1 is 1.42 bits per heavy atom. The van der Waals surface area contributed by atoms with E-state index in [1.807, 2.05) is 30.0 Å². The molecule has 0 bridgehead atoms. The molecule has 0 atom stereocenters. The lowest BCUT2D eigenvalue weighted by atomic mass is 10.2. The SMILES string of the molecule is CCSCCCNc1cc(NC(C)=O)ccc1OC. The van der Waals surface area contributed by atoms with Crippen LogP contribution >= 0.6 is 11.8 Å². The summed E-state index contributed by atoms with van der Waals surface area (Å²) in [4.78, 5) is 11.0. The second-order valence-corrected chi connectivity index (χ2v) is 5.47. The molecule has 1 amide bonds. The highest BCUT2D eigenvalue weighted by atomic mass is 32.2. The van der Waals surface area contributed by atoms with Gasteiger partial charge in [-0.15, -0.1) is 0 Å². The number of benzene rings is 1. The van der Waals surface area contributed by atoms with Gasteiger partial charge in [0, 0.05) is 19.2 Å². The number of anilines is 2. The molecule has 106 valence electrons. The van der Waals surface area contributed by atoms with Gasteiger partial charge in [0.1, 0.15) is 5.75 Å². The molecule has 0 fully saturated rings. The topological polar surface area (TPSA) is 50.4 Å². The summed E-state index contributed by atoms with van der Waals surface area (Å²) < 4.78 is 5.30. The number of ether oxygens (including phenoxy) is 1. The zero-order valence-electron chi connectivity index (χ0n) is 11.8. The first kappa shape index (κ1) is 15.7. The number of hydrogen-bond acceptors (Lipinski definition) is 4. The first-order chi connectivity index (χ1) is 9.17. The van der Waals surface area contributed by atoms with Gasteiger partial charge in [-0.2, -0.15) is 11.8 Å². The Morgan fingerprint density at radius 3 is 2.84 bits per heavy atom. The largest absolute Gasteiger partial charge is 0.495 e. The molecule has 0 aliphatic carbocycles. The smallest absolute Gasteiger partial charge is 0.221 e. The first-order valence-electron chi connectivity index (χ1n) is 6.44. The lowest BCUT2D eigenvalue weighted by molar-refractivity contribution is -0.114. The molecular weight excluding hydrogens is 260 g/mol. The minimum absolute atomic E-state index is 0.0736. The van der Waals surface area contributed by atoms with Crippen LogP contribution in [0.15, 0.2) is 18.2 Å². The fourth-order valence-electron chi connectivity index (χ4n) is 1.67. The van der Waals surface area contributed by atoms with Gasteiger partial charge in [-0.3, -0.25) is 4.79 Å². The zero-order chi connectivity index (χ0) is 14.1. The minimum atomic E-state index is -0.0736. The van der Waals surface area contributed by atoms with E-state index in [-0.39, 0.29) is 5.91 Å². The van der Waals surface area contributed by atoms with Crippen molar-refractivity contribution in [3.8, 4) is 5.75 Å². The molecule has 0 aromatic heterocycles. The Kier molecular flexibility index (Phi) is 7.18.